The molecule has 0 atom stereocenters. The predicted octanol–water partition coefficient (Wildman–Crippen LogP) is 9.61. The van der Waals surface area contributed by atoms with Gasteiger partial charge in [-0.1, -0.05) is 124 Å². The van der Waals surface area contributed by atoms with E-state index in [9.17, 15) is 4.79 Å². The van der Waals surface area contributed by atoms with Crippen molar-refractivity contribution < 1.29 is 9.53 Å². The van der Waals surface area contributed by atoms with Crippen LogP contribution in [0.4, 0.5) is 4.79 Å². The number of carbonyl (C=O) groups excluding carboxylic acids is 1. The molecule has 1 amide bonds. The molecule has 0 aliphatic carbocycles. The van der Waals surface area contributed by atoms with Crippen LogP contribution in [0.1, 0.15) is 149 Å². The summed E-state index contributed by atoms with van der Waals surface area (Å²) < 4.78 is 5.28. The van der Waals surface area contributed by atoms with Gasteiger partial charge in [0.1, 0.15) is 0 Å². The van der Waals surface area contributed by atoms with Crippen molar-refractivity contribution in [3.8, 4) is 0 Å². The summed E-state index contributed by atoms with van der Waals surface area (Å²) in [6, 6.07) is 0. The number of rotatable bonds is 29. The average Bonchev–Trinajstić information content (AvgIpc) is 2.89. The minimum atomic E-state index is -0.254. The number of ether oxygens (including phenoxy) is 1. The number of nitrogens with zero attached hydrogens (tertiary/aromatic N) is 1. The van der Waals surface area contributed by atoms with Gasteiger partial charge in [-0.05, 0) is 56.8 Å². The number of thioether (sulfide) groups is 1. The first kappa shape index (κ1) is 35.6. The van der Waals surface area contributed by atoms with E-state index in [2.05, 4.69) is 42.7 Å². The summed E-state index contributed by atoms with van der Waals surface area (Å²) in [6.45, 7) is 11.1. The Labute approximate surface area is 230 Å². The van der Waals surface area contributed by atoms with E-state index in [0.717, 1.165) is 32.5 Å². The molecule has 0 bridgehead atoms. The standard InChI is InChI=1S/C31H64N2O2S/c1-4-7-8-9-10-11-14-17-20-23-29-36-30-24-21-18-15-12-13-16-19-22-28-35-31(34)32-26-25-27-33(5-2)6-3/h4-30H2,1-3H3,(H,32,34). The molecule has 5 heteroatoms. The second-order valence-electron chi connectivity index (χ2n) is 10.4. The van der Waals surface area contributed by atoms with Gasteiger partial charge < -0.3 is 15.0 Å². The van der Waals surface area contributed by atoms with E-state index in [0.29, 0.717) is 13.2 Å². The summed E-state index contributed by atoms with van der Waals surface area (Å²) in [5.41, 5.74) is 0. The van der Waals surface area contributed by atoms with Crippen molar-refractivity contribution in [3.63, 3.8) is 0 Å². The van der Waals surface area contributed by atoms with Crippen LogP contribution in [0.5, 0.6) is 0 Å². The number of nitrogens with one attached hydrogen (secondary N) is 1. The first-order valence-corrected chi connectivity index (χ1v) is 17.1. The molecule has 0 aromatic rings. The molecule has 0 aromatic carbocycles. The Bertz CT molecular complexity index is 433. The number of alkyl carbamates (subject to hydrolysis) is 1. The molecular weight excluding hydrogens is 464 g/mol. The molecule has 0 aromatic heterocycles. The summed E-state index contributed by atoms with van der Waals surface area (Å²) in [4.78, 5) is 14.1. The summed E-state index contributed by atoms with van der Waals surface area (Å²) in [5.74, 6) is 2.74. The van der Waals surface area contributed by atoms with Crippen molar-refractivity contribution in [1.82, 2.24) is 10.2 Å². The fourth-order valence-electron chi connectivity index (χ4n) is 4.59. The van der Waals surface area contributed by atoms with Crippen LogP contribution in [0.3, 0.4) is 0 Å². The fourth-order valence-corrected chi connectivity index (χ4v) is 5.61. The topological polar surface area (TPSA) is 41.6 Å². The number of carbonyl (C=O) groups is 1. The summed E-state index contributed by atoms with van der Waals surface area (Å²) in [7, 11) is 0. The second kappa shape index (κ2) is 30.8. The molecule has 0 radical (unpaired) electrons. The van der Waals surface area contributed by atoms with Gasteiger partial charge in [0.2, 0.25) is 0 Å². The predicted molar refractivity (Wildman–Crippen MR) is 162 cm³/mol. The first-order valence-electron chi connectivity index (χ1n) is 15.9. The Balaban J connectivity index is 3.14. The molecule has 0 spiro atoms. The minimum Gasteiger partial charge on any atom is -0.450 e. The van der Waals surface area contributed by atoms with Gasteiger partial charge in [0.25, 0.3) is 0 Å². The van der Waals surface area contributed by atoms with Crippen molar-refractivity contribution >= 4 is 17.9 Å². The monoisotopic (exact) mass is 528 g/mol. The third kappa shape index (κ3) is 28.2. The highest BCUT2D eigenvalue weighted by Crippen LogP contribution is 2.15. The lowest BCUT2D eigenvalue weighted by Gasteiger charge is -2.17. The van der Waals surface area contributed by atoms with Crippen LogP contribution in [-0.2, 0) is 4.74 Å². The van der Waals surface area contributed by atoms with Crippen LogP contribution in [-0.4, -0.2) is 55.3 Å². The molecule has 0 rings (SSSR count). The number of unbranched alkanes of at least 4 members (excludes halogenated alkanes) is 17. The lowest BCUT2D eigenvalue weighted by atomic mass is 10.1. The molecule has 0 fully saturated rings. The molecule has 1 N–H and O–H groups in total. The number of hydrogen-bond acceptors (Lipinski definition) is 4. The van der Waals surface area contributed by atoms with E-state index in [1.807, 2.05) is 0 Å². The minimum absolute atomic E-state index is 0.254. The van der Waals surface area contributed by atoms with Crippen molar-refractivity contribution in [2.45, 2.75) is 149 Å². The molecule has 0 heterocycles. The maximum absolute atomic E-state index is 11.7. The van der Waals surface area contributed by atoms with Crippen molar-refractivity contribution in [2.75, 3.05) is 44.3 Å². The van der Waals surface area contributed by atoms with E-state index >= 15 is 0 Å². The van der Waals surface area contributed by atoms with Gasteiger partial charge in [-0.25, -0.2) is 4.79 Å². The average molecular weight is 529 g/mol. The molecule has 36 heavy (non-hydrogen) atoms. The van der Waals surface area contributed by atoms with Crippen LogP contribution >= 0.6 is 11.8 Å². The summed E-state index contributed by atoms with van der Waals surface area (Å²) in [5, 5.41) is 2.86. The zero-order valence-corrected chi connectivity index (χ0v) is 25.6. The molecular formula is C31H64N2O2S. The first-order chi connectivity index (χ1) is 17.7. The fraction of sp³-hybridized carbons (Fsp3) is 0.968. The molecule has 0 saturated heterocycles. The van der Waals surface area contributed by atoms with Crippen molar-refractivity contribution in [3.05, 3.63) is 0 Å². The molecule has 0 saturated carbocycles. The van der Waals surface area contributed by atoms with Crippen molar-refractivity contribution in [2.24, 2.45) is 0 Å². The largest absolute Gasteiger partial charge is 0.450 e. The third-order valence-corrected chi connectivity index (χ3v) is 8.28. The van der Waals surface area contributed by atoms with Crippen LogP contribution in [0.15, 0.2) is 0 Å². The van der Waals surface area contributed by atoms with E-state index in [4.69, 9.17) is 4.74 Å². The Hall–Kier alpha value is -0.420. The molecule has 0 aliphatic heterocycles. The van der Waals surface area contributed by atoms with E-state index < -0.39 is 0 Å². The lowest BCUT2D eigenvalue weighted by Crippen LogP contribution is -2.30. The number of hydrogen-bond donors (Lipinski definition) is 1. The highest BCUT2D eigenvalue weighted by molar-refractivity contribution is 7.99. The summed E-state index contributed by atoms with van der Waals surface area (Å²) in [6.07, 6.45) is 26.8. The maximum atomic E-state index is 11.7. The molecule has 0 aliphatic rings. The Kier molecular flexibility index (Phi) is 30.4. The summed E-state index contributed by atoms with van der Waals surface area (Å²) >= 11 is 2.18. The van der Waals surface area contributed by atoms with Crippen LogP contribution in [0, 0.1) is 0 Å². The maximum Gasteiger partial charge on any atom is 0.407 e. The van der Waals surface area contributed by atoms with Crippen molar-refractivity contribution in [1.29, 1.82) is 0 Å². The zero-order chi connectivity index (χ0) is 26.4. The highest BCUT2D eigenvalue weighted by atomic mass is 32.2. The second-order valence-corrected chi connectivity index (χ2v) is 11.6. The van der Waals surface area contributed by atoms with Crippen LogP contribution in [0.25, 0.3) is 0 Å². The lowest BCUT2D eigenvalue weighted by molar-refractivity contribution is 0.143. The number of amides is 1. The Morgan fingerprint density at radius 1 is 0.611 bits per heavy atom. The quantitative estimate of drug-likeness (QED) is 0.0981. The van der Waals surface area contributed by atoms with Gasteiger partial charge >= 0.3 is 6.09 Å². The van der Waals surface area contributed by atoms with Gasteiger partial charge in [0.05, 0.1) is 6.61 Å². The van der Waals surface area contributed by atoms with E-state index in [-0.39, 0.29) is 6.09 Å². The smallest absolute Gasteiger partial charge is 0.407 e. The van der Waals surface area contributed by atoms with Gasteiger partial charge in [0.15, 0.2) is 0 Å². The van der Waals surface area contributed by atoms with E-state index in [1.165, 1.54) is 127 Å². The molecule has 216 valence electrons. The Morgan fingerprint density at radius 2 is 1.06 bits per heavy atom. The third-order valence-electron chi connectivity index (χ3n) is 7.12. The van der Waals surface area contributed by atoms with Gasteiger partial charge in [0, 0.05) is 6.54 Å². The van der Waals surface area contributed by atoms with Gasteiger partial charge in [-0.2, -0.15) is 11.8 Å². The van der Waals surface area contributed by atoms with Crippen LogP contribution < -0.4 is 5.32 Å². The molecule has 4 nitrogen and oxygen atoms in total. The van der Waals surface area contributed by atoms with Gasteiger partial charge in [-0.3, -0.25) is 0 Å². The van der Waals surface area contributed by atoms with Gasteiger partial charge in [-0.15, -0.1) is 0 Å². The van der Waals surface area contributed by atoms with Crippen LogP contribution in [0.2, 0.25) is 0 Å². The normalized spacial score (nSPS) is 11.3. The SMILES string of the molecule is CCCCCCCCCCCCSCCCCCCCCCCCOC(=O)NCCCN(CC)CC. The zero-order valence-electron chi connectivity index (χ0n) is 24.8. The van der Waals surface area contributed by atoms with E-state index in [1.54, 1.807) is 0 Å². The Morgan fingerprint density at radius 3 is 1.53 bits per heavy atom. The highest BCUT2D eigenvalue weighted by Gasteiger charge is 2.03. The molecule has 0 unspecified atom stereocenters.